The molecule has 6 nitrogen and oxygen atoms in total. The van der Waals surface area contributed by atoms with Gasteiger partial charge in [0.05, 0.1) is 17.2 Å². The molecule has 150 valence electrons. The molecule has 1 atom stereocenters. The number of piperidine rings is 1. The standard InChI is InChI=1S/C22H22ClN3O3/c23-17-4-1-14(2-5-17)20(27)15-8-11-26(12-9-15)22(29)16-3-6-19(25-13-16)18-7-10-24-21(18)28/h1-6,13,15,18H,7-12H2,(H,24,28). The molecule has 2 aliphatic heterocycles. The molecule has 3 heterocycles. The molecule has 0 aliphatic carbocycles. The van der Waals surface area contributed by atoms with Gasteiger partial charge < -0.3 is 10.2 Å². The van der Waals surface area contributed by atoms with E-state index >= 15 is 0 Å². The van der Waals surface area contributed by atoms with Crippen LogP contribution in [0.2, 0.25) is 5.02 Å². The highest BCUT2D eigenvalue weighted by Crippen LogP contribution is 2.25. The summed E-state index contributed by atoms with van der Waals surface area (Å²) in [7, 11) is 0. The Hall–Kier alpha value is -2.73. The van der Waals surface area contributed by atoms with E-state index in [4.69, 9.17) is 11.6 Å². The normalized spacial score (nSPS) is 19.8. The van der Waals surface area contributed by atoms with E-state index < -0.39 is 0 Å². The maximum absolute atomic E-state index is 12.8. The van der Waals surface area contributed by atoms with Gasteiger partial charge in [-0.05, 0) is 55.7 Å². The van der Waals surface area contributed by atoms with Crippen LogP contribution in [0.3, 0.4) is 0 Å². The van der Waals surface area contributed by atoms with E-state index in [-0.39, 0.29) is 29.4 Å². The number of benzene rings is 1. The van der Waals surface area contributed by atoms with E-state index in [1.54, 1.807) is 47.5 Å². The molecule has 0 bridgehead atoms. The lowest BCUT2D eigenvalue weighted by atomic mass is 9.88. The number of amides is 2. The number of ketones is 1. The van der Waals surface area contributed by atoms with Gasteiger partial charge in [0.2, 0.25) is 5.91 Å². The average molecular weight is 412 g/mol. The number of carbonyl (C=O) groups is 3. The summed E-state index contributed by atoms with van der Waals surface area (Å²) < 4.78 is 0. The Morgan fingerprint density at radius 2 is 1.69 bits per heavy atom. The van der Waals surface area contributed by atoms with Crippen molar-refractivity contribution in [3.63, 3.8) is 0 Å². The summed E-state index contributed by atoms with van der Waals surface area (Å²) in [6, 6.07) is 10.4. The predicted molar refractivity (Wildman–Crippen MR) is 109 cm³/mol. The Morgan fingerprint density at radius 3 is 2.28 bits per heavy atom. The number of pyridine rings is 1. The van der Waals surface area contributed by atoms with E-state index in [0.717, 1.165) is 6.42 Å². The SMILES string of the molecule is O=C(c1ccc(Cl)cc1)C1CCN(C(=O)c2ccc(C3CCNC3=O)nc2)CC1. The van der Waals surface area contributed by atoms with Crippen molar-refractivity contribution in [3.8, 4) is 0 Å². The molecule has 4 rings (SSSR count). The van der Waals surface area contributed by atoms with Crippen molar-refractivity contribution in [2.45, 2.75) is 25.2 Å². The van der Waals surface area contributed by atoms with Gasteiger partial charge in [0.1, 0.15) is 0 Å². The fourth-order valence-electron chi connectivity index (χ4n) is 3.99. The third-order valence-electron chi connectivity index (χ3n) is 5.72. The number of hydrogen-bond acceptors (Lipinski definition) is 4. The summed E-state index contributed by atoms with van der Waals surface area (Å²) in [4.78, 5) is 43.3. The number of carbonyl (C=O) groups excluding carboxylic acids is 3. The number of Topliss-reactive ketones (excluding diaryl/α,β-unsaturated/α-hetero) is 1. The second-order valence-electron chi connectivity index (χ2n) is 7.54. The fourth-order valence-corrected chi connectivity index (χ4v) is 4.12. The largest absolute Gasteiger partial charge is 0.355 e. The van der Waals surface area contributed by atoms with Crippen LogP contribution in [-0.2, 0) is 4.79 Å². The van der Waals surface area contributed by atoms with Gasteiger partial charge in [0.15, 0.2) is 5.78 Å². The first kappa shape index (κ1) is 19.6. The van der Waals surface area contributed by atoms with Crippen LogP contribution in [0, 0.1) is 5.92 Å². The second kappa shape index (κ2) is 8.33. The zero-order valence-corrected chi connectivity index (χ0v) is 16.7. The third-order valence-corrected chi connectivity index (χ3v) is 5.97. The van der Waals surface area contributed by atoms with E-state index in [2.05, 4.69) is 10.3 Å². The molecule has 2 amide bonds. The number of nitrogens with one attached hydrogen (secondary N) is 1. The van der Waals surface area contributed by atoms with Crippen molar-refractivity contribution in [1.82, 2.24) is 15.2 Å². The highest BCUT2D eigenvalue weighted by Gasteiger charge is 2.30. The minimum absolute atomic E-state index is 0.0102. The van der Waals surface area contributed by atoms with Crippen molar-refractivity contribution in [1.29, 1.82) is 0 Å². The Labute approximate surface area is 174 Å². The smallest absolute Gasteiger partial charge is 0.255 e. The van der Waals surface area contributed by atoms with Crippen LogP contribution >= 0.6 is 11.6 Å². The molecular formula is C22H22ClN3O3. The molecule has 2 aromatic rings. The minimum atomic E-state index is -0.228. The van der Waals surface area contributed by atoms with Crippen LogP contribution in [0.25, 0.3) is 0 Å². The predicted octanol–water partition coefficient (Wildman–Crippen LogP) is 3.07. The van der Waals surface area contributed by atoms with Crippen LogP contribution in [-0.4, -0.2) is 47.1 Å². The number of rotatable bonds is 4. The summed E-state index contributed by atoms with van der Waals surface area (Å²) in [5.74, 6) is -0.300. The Bertz CT molecular complexity index is 919. The lowest BCUT2D eigenvalue weighted by Crippen LogP contribution is -2.40. The lowest BCUT2D eigenvalue weighted by molar-refractivity contribution is -0.120. The van der Waals surface area contributed by atoms with E-state index in [1.807, 2.05) is 0 Å². The Kier molecular flexibility index (Phi) is 5.62. The molecule has 0 saturated carbocycles. The van der Waals surface area contributed by atoms with E-state index in [0.29, 0.717) is 54.3 Å². The van der Waals surface area contributed by atoms with Crippen molar-refractivity contribution < 1.29 is 14.4 Å². The van der Waals surface area contributed by atoms with Crippen molar-refractivity contribution in [2.24, 2.45) is 5.92 Å². The molecule has 1 unspecified atom stereocenters. The molecule has 0 spiro atoms. The molecule has 7 heteroatoms. The fraction of sp³-hybridized carbons (Fsp3) is 0.364. The first-order valence-electron chi connectivity index (χ1n) is 9.85. The zero-order valence-electron chi connectivity index (χ0n) is 15.9. The van der Waals surface area contributed by atoms with Crippen molar-refractivity contribution in [3.05, 3.63) is 64.4 Å². The summed E-state index contributed by atoms with van der Waals surface area (Å²) in [5.41, 5.74) is 1.87. The number of hydrogen-bond donors (Lipinski definition) is 1. The number of likely N-dealkylation sites (tertiary alicyclic amines) is 1. The van der Waals surface area contributed by atoms with Crippen LogP contribution < -0.4 is 5.32 Å². The highest BCUT2D eigenvalue weighted by molar-refractivity contribution is 6.30. The zero-order chi connectivity index (χ0) is 20.4. The van der Waals surface area contributed by atoms with Gasteiger partial charge in [-0.1, -0.05) is 11.6 Å². The van der Waals surface area contributed by atoms with E-state index in [1.165, 1.54) is 0 Å². The molecule has 1 N–H and O–H groups in total. The molecule has 2 fully saturated rings. The third kappa shape index (κ3) is 4.17. The van der Waals surface area contributed by atoms with Gasteiger partial charge in [-0.25, -0.2) is 0 Å². The first-order chi connectivity index (χ1) is 14.0. The number of aromatic nitrogens is 1. The van der Waals surface area contributed by atoms with Crippen LogP contribution in [0.5, 0.6) is 0 Å². The van der Waals surface area contributed by atoms with Gasteiger partial charge in [0.25, 0.3) is 5.91 Å². The number of halogens is 1. The van der Waals surface area contributed by atoms with Gasteiger partial charge in [-0.2, -0.15) is 0 Å². The average Bonchev–Trinajstić information content (AvgIpc) is 3.19. The van der Waals surface area contributed by atoms with Crippen LogP contribution in [0.1, 0.15) is 51.6 Å². The molecule has 1 aromatic carbocycles. The van der Waals surface area contributed by atoms with Crippen molar-refractivity contribution in [2.75, 3.05) is 19.6 Å². The molecule has 0 radical (unpaired) electrons. The highest BCUT2D eigenvalue weighted by atomic mass is 35.5. The molecular weight excluding hydrogens is 390 g/mol. The molecule has 1 aromatic heterocycles. The summed E-state index contributed by atoms with van der Waals surface area (Å²) in [6.07, 6.45) is 3.56. The van der Waals surface area contributed by atoms with E-state index in [9.17, 15) is 14.4 Å². The van der Waals surface area contributed by atoms with Crippen LogP contribution in [0.15, 0.2) is 42.6 Å². The Morgan fingerprint density at radius 1 is 1.00 bits per heavy atom. The maximum Gasteiger partial charge on any atom is 0.255 e. The summed E-state index contributed by atoms with van der Waals surface area (Å²) in [6.45, 7) is 1.74. The monoisotopic (exact) mass is 411 g/mol. The van der Waals surface area contributed by atoms with Gasteiger partial charge in [0, 0.05) is 42.3 Å². The van der Waals surface area contributed by atoms with Gasteiger partial charge in [-0.15, -0.1) is 0 Å². The van der Waals surface area contributed by atoms with Gasteiger partial charge >= 0.3 is 0 Å². The summed E-state index contributed by atoms with van der Waals surface area (Å²) >= 11 is 5.89. The molecule has 2 aliphatic rings. The van der Waals surface area contributed by atoms with Gasteiger partial charge in [-0.3, -0.25) is 19.4 Å². The van der Waals surface area contributed by atoms with Crippen molar-refractivity contribution >= 4 is 29.2 Å². The Balaban J connectivity index is 1.35. The minimum Gasteiger partial charge on any atom is -0.355 e. The lowest BCUT2D eigenvalue weighted by Gasteiger charge is -2.31. The van der Waals surface area contributed by atoms with Crippen LogP contribution in [0.4, 0.5) is 0 Å². The summed E-state index contributed by atoms with van der Waals surface area (Å²) in [5, 5.41) is 3.40. The topological polar surface area (TPSA) is 79.4 Å². The maximum atomic E-state index is 12.8. The number of nitrogens with zero attached hydrogens (tertiary/aromatic N) is 2. The molecule has 2 saturated heterocycles. The first-order valence-corrected chi connectivity index (χ1v) is 10.2. The quantitative estimate of drug-likeness (QED) is 0.784. The molecule has 29 heavy (non-hydrogen) atoms. The second-order valence-corrected chi connectivity index (χ2v) is 7.98.